The molecule has 0 saturated carbocycles. The first-order valence-corrected chi connectivity index (χ1v) is 3.81. The second-order valence-corrected chi connectivity index (χ2v) is 2.66. The monoisotopic (exact) mass is 144 g/mol. The van der Waals surface area contributed by atoms with Gasteiger partial charge in [0.2, 0.25) is 0 Å². The zero-order valence-corrected chi connectivity index (χ0v) is 5.91. The standard InChI is InChI=1S/C7H12O3/c1-2-6(8-3-1)7-9-4-5-10-7/h6-7H,1-5H2. The minimum Gasteiger partial charge on any atom is -0.373 e. The molecule has 0 aromatic carbocycles. The fourth-order valence-electron chi connectivity index (χ4n) is 1.41. The van der Waals surface area contributed by atoms with Crippen LogP contribution in [0.2, 0.25) is 0 Å². The van der Waals surface area contributed by atoms with Crippen LogP contribution in [-0.4, -0.2) is 32.2 Å². The van der Waals surface area contributed by atoms with Crippen molar-refractivity contribution in [2.75, 3.05) is 19.8 Å². The smallest absolute Gasteiger partial charge is 0.183 e. The first-order chi connectivity index (χ1) is 4.97. The van der Waals surface area contributed by atoms with Crippen molar-refractivity contribution in [1.82, 2.24) is 0 Å². The van der Waals surface area contributed by atoms with Gasteiger partial charge in [-0.25, -0.2) is 0 Å². The molecule has 0 aromatic heterocycles. The van der Waals surface area contributed by atoms with Gasteiger partial charge in [-0.1, -0.05) is 0 Å². The van der Waals surface area contributed by atoms with Crippen LogP contribution in [0.15, 0.2) is 0 Å². The fraction of sp³-hybridized carbons (Fsp3) is 1.00. The topological polar surface area (TPSA) is 27.7 Å². The molecule has 3 heteroatoms. The second-order valence-electron chi connectivity index (χ2n) is 2.66. The third-order valence-electron chi connectivity index (χ3n) is 1.92. The molecule has 1 unspecified atom stereocenters. The molecule has 0 N–H and O–H groups in total. The van der Waals surface area contributed by atoms with Crippen molar-refractivity contribution in [2.45, 2.75) is 25.2 Å². The van der Waals surface area contributed by atoms with Gasteiger partial charge in [-0.2, -0.15) is 0 Å². The maximum Gasteiger partial charge on any atom is 0.183 e. The molecule has 58 valence electrons. The van der Waals surface area contributed by atoms with Crippen LogP contribution in [0.5, 0.6) is 0 Å². The minimum atomic E-state index is -0.0671. The maximum absolute atomic E-state index is 5.39. The summed E-state index contributed by atoms with van der Waals surface area (Å²) in [6.45, 7) is 2.32. The van der Waals surface area contributed by atoms with Crippen LogP contribution < -0.4 is 0 Å². The lowest BCUT2D eigenvalue weighted by Gasteiger charge is -2.15. The molecule has 2 aliphatic rings. The molecule has 2 rings (SSSR count). The lowest BCUT2D eigenvalue weighted by atomic mass is 10.2. The molecule has 2 aliphatic heterocycles. The van der Waals surface area contributed by atoms with E-state index in [9.17, 15) is 0 Å². The normalized spacial score (nSPS) is 35.4. The zero-order chi connectivity index (χ0) is 6.81. The average molecular weight is 144 g/mol. The van der Waals surface area contributed by atoms with Crippen LogP contribution in [0.1, 0.15) is 12.8 Å². The maximum atomic E-state index is 5.39. The third kappa shape index (κ3) is 1.17. The Morgan fingerprint density at radius 2 is 1.70 bits per heavy atom. The van der Waals surface area contributed by atoms with Crippen molar-refractivity contribution in [3.05, 3.63) is 0 Å². The van der Waals surface area contributed by atoms with E-state index in [0.717, 1.165) is 32.7 Å². The first kappa shape index (κ1) is 6.58. The molecule has 3 nitrogen and oxygen atoms in total. The Kier molecular flexibility index (Phi) is 1.88. The molecule has 10 heavy (non-hydrogen) atoms. The summed E-state index contributed by atoms with van der Waals surface area (Å²) in [6.07, 6.45) is 2.38. The van der Waals surface area contributed by atoms with Gasteiger partial charge in [0, 0.05) is 6.61 Å². The molecule has 2 fully saturated rings. The number of ether oxygens (including phenoxy) is 3. The van der Waals surface area contributed by atoms with Crippen molar-refractivity contribution in [1.29, 1.82) is 0 Å². The summed E-state index contributed by atoms with van der Waals surface area (Å²) in [7, 11) is 0. The molecule has 0 spiro atoms. The van der Waals surface area contributed by atoms with Gasteiger partial charge < -0.3 is 14.2 Å². The van der Waals surface area contributed by atoms with Crippen molar-refractivity contribution in [2.24, 2.45) is 0 Å². The summed E-state index contributed by atoms with van der Waals surface area (Å²) in [5.41, 5.74) is 0. The van der Waals surface area contributed by atoms with Crippen molar-refractivity contribution < 1.29 is 14.2 Å². The van der Waals surface area contributed by atoms with Crippen LogP contribution >= 0.6 is 0 Å². The largest absolute Gasteiger partial charge is 0.373 e. The van der Waals surface area contributed by atoms with E-state index < -0.39 is 0 Å². The molecular formula is C7H12O3. The summed E-state index contributed by atoms with van der Waals surface area (Å²) in [5.74, 6) is 0. The van der Waals surface area contributed by atoms with E-state index in [-0.39, 0.29) is 12.4 Å². The molecule has 2 saturated heterocycles. The summed E-state index contributed by atoms with van der Waals surface area (Å²) in [5, 5.41) is 0. The SMILES string of the molecule is C1COC(C2OCCO2)C1. The Morgan fingerprint density at radius 1 is 0.900 bits per heavy atom. The summed E-state index contributed by atoms with van der Waals surface area (Å²) in [4.78, 5) is 0. The Balaban J connectivity index is 1.85. The highest BCUT2D eigenvalue weighted by Gasteiger charge is 2.29. The third-order valence-corrected chi connectivity index (χ3v) is 1.92. The molecular weight excluding hydrogens is 132 g/mol. The Morgan fingerprint density at radius 3 is 2.30 bits per heavy atom. The molecule has 2 heterocycles. The van der Waals surface area contributed by atoms with Gasteiger partial charge in [0.15, 0.2) is 6.29 Å². The van der Waals surface area contributed by atoms with E-state index in [1.165, 1.54) is 0 Å². The number of hydrogen-bond acceptors (Lipinski definition) is 3. The quantitative estimate of drug-likeness (QED) is 0.537. The highest BCUT2D eigenvalue weighted by atomic mass is 16.7. The number of rotatable bonds is 1. The van der Waals surface area contributed by atoms with Crippen molar-refractivity contribution >= 4 is 0 Å². The van der Waals surface area contributed by atoms with Crippen LogP contribution in [0.4, 0.5) is 0 Å². The Labute approximate surface area is 60.3 Å². The Bertz CT molecular complexity index is 89.4. The van der Waals surface area contributed by atoms with E-state index in [1.807, 2.05) is 0 Å². The lowest BCUT2D eigenvalue weighted by molar-refractivity contribution is -0.125. The summed E-state index contributed by atoms with van der Waals surface area (Å²) in [6, 6.07) is 0. The van der Waals surface area contributed by atoms with Gasteiger partial charge in [0.1, 0.15) is 6.10 Å². The highest BCUT2D eigenvalue weighted by Crippen LogP contribution is 2.20. The van der Waals surface area contributed by atoms with Gasteiger partial charge in [0.05, 0.1) is 13.2 Å². The van der Waals surface area contributed by atoms with Gasteiger partial charge in [-0.15, -0.1) is 0 Å². The van der Waals surface area contributed by atoms with Gasteiger partial charge >= 0.3 is 0 Å². The predicted octanol–water partition coefficient (Wildman–Crippen LogP) is 0.538. The fourth-order valence-corrected chi connectivity index (χ4v) is 1.41. The van der Waals surface area contributed by atoms with E-state index in [1.54, 1.807) is 0 Å². The molecule has 0 aromatic rings. The van der Waals surface area contributed by atoms with Gasteiger partial charge in [-0.05, 0) is 12.8 Å². The van der Waals surface area contributed by atoms with Crippen LogP contribution in [0.25, 0.3) is 0 Å². The predicted molar refractivity (Wildman–Crippen MR) is 34.7 cm³/mol. The average Bonchev–Trinajstić information content (AvgIpc) is 2.59. The minimum absolute atomic E-state index is 0.0671. The van der Waals surface area contributed by atoms with Crippen molar-refractivity contribution in [3.63, 3.8) is 0 Å². The van der Waals surface area contributed by atoms with Crippen molar-refractivity contribution in [3.8, 4) is 0 Å². The van der Waals surface area contributed by atoms with Crippen LogP contribution in [0, 0.1) is 0 Å². The number of hydrogen-bond donors (Lipinski definition) is 0. The summed E-state index contributed by atoms with van der Waals surface area (Å²) >= 11 is 0. The van der Waals surface area contributed by atoms with E-state index >= 15 is 0 Å². The lowest BCUT2D eigenvalue weighted by Crippen LogP contribution is -2.25. The van der Waals surface area contributed by atoms with E-state index in [0.29, 0.717) is 0 Å². The molecule has 0 bridgehead atoms. The highest BCUT2D eigenvalue weighted by molar-refractivity contribution is 4.70. The van der Waals surface area contributed by atoms with E-state index in [4.69, 9.17) is 14.2 Å². The molecule has 0 radical (unpaired) electrons. The zero-order valence-electron chi connectivity index (χ0n) is 5.91. The van der Waals surface area contributed by atoms with E-state index in [2.05, 4.69) is 0 Å². The molecule has 1 atom stereocenters. The Hall–Kier alpha value is -0.120. The second kappa shape index (κ2) is 2.86. The van der Waals surface area contributed by atoms with Gasteiger partial charge in [-0.3, -0.25) is 0 Å². The summed E-state index contributed by atoms with van der Waals surface area (Å²) < 4.78 is 16.0. The van der Waals surface area contributed by atoms with Crippen LogP contribution in [0.3, 0.4) is 0 Å². The van der Waals surface area contributed by atoms with Crippen LogP contribution in [-0.2, 0) is 14.2 Å². The molecule has 0 aliphatic carbocycles. The first-order valence-electron chi connectivity index (χ1n) is 3.81. The molecule has 0 amide bonds. The van der Waals surface area contributed by atoms with Gasteiger partial charge in [0.25, 0.3) is 0 Å².